The maximum atomic E-state index is 12.3. The summed E-state index contributed by atoms with van der Waals surface area (Å²) in [5, 5.41) is 0.955. The molecule has 0 unspecified atom stereocenters. The fraction of sp³-hybridized carbons (Fsp3) is 0.120. The topological polar surface area (TPSA) is 90.3 Å². The molecule has 1 N–H and O–H groups in total. The fourth-order valence-corrected chi connectivity index (χ4v) is 4.97. The van der Waals surface area contributed by atoms with Gasteiger partial charge in [-0.25, -0.2) is 18.2 Å². The van der Waals surface area contributed by atoms with E-state index in [0.717, 1.165) is 16.3 Å². The molecule has 0 atom stereocenters. The molecule has 3 aromatic carbocycles. The van der Waals surface area contributed by atoms with Crippen molar-refractivity contribution in [2.45, 2.75) is 6.42 Å². The number of ether oxygens (including phenoxy) is 1. The molecule has 1 heterocycles. The fourth-order valence-electron chi connectivity index (χ4n) is 3.63. The predicted molar refractivity (Wildman–Crippen MR) is 146 cm³/mol. The molecule has 4 aromatic rings. The van der Waals surface area contributed by atoms with Crippen LogP contribution in [0.1, 0.15) is 21.7 Å². The van der Waals surface area contributed by atoms with Gasteiger partial charge >= 0.3 is 5.97 Å². The van der Waals surface area contributed by atoms with Crippen molar-refractivity contribution in [3.05, 3.63) is 98.3 Å². The van der Waals surface area contributed by atoms with Crippen molar-refractivity contribution >= 4 is 60.8 Å². The first-order valence-corrected chi connectivity index (χ1v) is 14.0. The molecule has 0 spiro atoms. The maximum absolute atomic E-state index is 12.3. The SMILES string of the molecule is COC(=O)c1ccc(-n2cc(-c3ccc(Cl)cc3Cl)nc2Cc2ccc(Br)cc2)cc1NS(C)(=O)=O. The van der Waals surface area contributed by atoms with Gasteiger partial charge in [-0.3, -0.25) is 4.72 Å². The largest absolute Gasteiger partial charge is 0.465 e. The molecule has 7 nitrogen and oxygen atoms in total. The van der Waals surface area contributed by atoms with E-state index in [9.17, 15) is 13.2 Å². The molecular formula is C25H20BrCl2N3O4S. The van der Waals surface area contributed by atoms with Gasteiger partial charge in [0.15, 0.2) is 0 Å². The number of rotatable bonds is 7. The number of nitrogens with one attached hydrogen (secondary N) is 1. The van der Waals surface area contributed by atoms with Gasteiger partial charge < -0.3 is 9.30 Å². The third-order valence-corrected chi connectivity index (χ3v) is 6.91. The average molecular weight is 609 g/mol. The molecule has 4 rings (SSSR count). The third-order valence-electron chi connectivity index (χ3n) is 5.24. The number of esters is 1. The Bertz CT molecular complexity index is 1550. The zero-order chi connectivity index (χ0) is 26.0. The summed E-state index contributed by atoms with van der Waals surface area (Å²) in [5.41, 5.74) is 3.08. The minimum Gasteiger partial charge on any atom is -0.465 e. The predicted octanol–water partition coefficient (Wildman–Crippen LogP) is 6.36. The molecule has 0 aliphatic carbocycles. The van der Waals surface area contributed by atoms with E-state index in [2.05, 4.69) is 20.7 Å². The number of carbonyl (C=O) groups is 1. The van der Waals surface area contributed by atoms with Crippen LogP contribution in [0.3, 0.4) is 0 Å². The summed E-state index contributed by atoms with van der Waals surface area (Å²) in [7, 11) is -2.44. The number of sulfonamides is 1. The number of halogens is 3. The molecule has 36 heavy (non-hydrogen) atoms. The summed E-state index contributed by atoms with van der Waals surface area (Å²) in [6.07, 6.45) is 3.30. The third kappa shape index (κ3) is 6.10. The molecule has 0 radical (unpaired) electrons. The minimum atomic E-state index is -3.67. The van der Waals surface area contributed by atoms with Crippen LogP contribution >= 0.6 is 39.1 Å². The summed E-state index contributed by atoms with van der Waals surface area (Å²) < 4.78 is 34.0. The van der Waals surface area contributed by atoms with Crippen molar-refractivity contribution < 1.29 is 17.9 Å². The molecule has 186 valence electrons. The molecule has 0 bridgehead atoms. The second-order valence-corrected chi connectivity index (χ2v) is 11.4. The number of benzene rings is 3. The Labute approximate surface area is 227 Å². The number of methoxy groups -OCH3 is 1. The first kappa shape index (κ1) is 26.2. The first-order chi connectivity index (χ1) is 17.0. The average Bonchev–Trinajstić information content (AvgIpc) is 3.22. The smallest absolute Gasteiger partial charge is 0.339 e. The minimum absolute atomic E-state index is 0.0854. The lowest BCUT2D eigenvalue weighted by atomic mass is 10.1. The highest BCUT2D eigenvalue weighted by atomic mass is 79.9. The monoisotopic (exact) mass is 607 g/mol. The quantitative estimate of drug-likeness (QED) is 0.247. The normalized spacial score (nSPS) is 11.4. The summed E-state index contributed by atoms with van der Waals surface area (Å²) in [4.78, 5) is 17.1. The van der Waals surface area contributed by atoms with Crippen molar-refractivity contribution in [2.24, 2.45) is 0 Å². The van der Waals surface area contributed by atoms with Crippen LogP contribution in [0, 0.1) is 0 Å². The highest BCUT2D eigenvalue weighted by Gasteiger charge is 2.19. The van der Waals surface area contributed by atoms with Crippen LogP contribution in [-0.4, -0.2) is 37.3 Å². The van der Waals surface area contributed by atoms with E-state index < -0.39 is 16.0 Å². The number of carbonyl (C=O) groups excluding carboxylic acids is 1. The number of hydrogen-bond donors (Lipinski definition) is 1. The lowest BCUT2D eigenvalue weighted by Gasteiger charge is -2.13. The van der Waals surface area contributed by atoms with Crippen LogP contribution in [0.4, 0.5) is 5.69 Å². The Morgan fingerprint density at radius 2 is 1.81 bits per heavy atom. The van der Waals surface area contributed by atoms with Crippen molar-refractivity contribution in [1.82, 2.24) is 9.55 Å². The van der Waals surface area contributed by atoms with Gasteiger partial charge in [-0.1, -0.05) is 51.3 Å². The Kier molecular flexibility index (Phi) is 7.75. The number of nitrogens with zero attached hydrogens (tertiary/aromatic N) is 2. The van der Waals surface area contributed by atoms with Gasteiger partial charge in [-0.15, -0.1) is 0 Å². The Hall–Kier alpha value is -2.85. The van der Waals surface area contributed by atoms with Crippen LogP contribution in [0.2, 0.25) is 10.0 Å². The second-order valence-electron chi connectivity index (χ2n) is 7.94. The molecular weight excluding hydrogens is 589 g/mol. The second kappa shape index (κ2) is 10.6. The van der Waals surface area contributed by atoms with Crippen LogP contribution in [0.25, 0.3) is 16.9 Å². The Morgan fingerprint density at radius 3 is 2.44 bits per heavy atom. The summed E-state index contributed by atoms with van der Waals surface area (Å²) >= 11 is 16.0. The zero-order valence-corrected chi connectivity index (χ0v) is 23.0. The van der Waals surface area contributed by atoms with E-state index in [4.69, 9.17) is 32.9 Å². The summed E-state index contributed by atoms with van der Waals surface area (Å²) in [6.45, 7) is 0. The van der Waals surface area contributed by atoms with E-state index in [-0.39, 0.29) is 11.3 Å². The Balaban J connectivity index is 1.87. The Morgan fingerprint density at radius 1 is 1.08 bits per heavy atom. The summed E-state index contributed by atoms with van der Waals surface area (Å²) in [6, 6.07) is 17.8. The van der Waals surface area contributed by atoms with E-state index in [1.54, 1.807) is 36.5 Å². The number of anilines is 1. The van der Waals surface area contributed by atoms with Gasteiger partial charge in [0.2, 0.25) is 10.0 Å². The molecule has 0 fully saturated rings. The molecule has 11 heteroatoms. The lowest BCUT2D eigenvalue weighted by molar-refractivity contribution is 0.0602. The van der Waals surface area contributed by atoms with Crippen molar-refractivity contribution in [1.29, 1.82) is 0 Å². The van der Waals surface area contributed by atoms with E-state index in [1.165, 1.54) is 13.2 Å². The highest BCUT2D eigenvalue weighted by molar-refractivity contribution is 9.10. The number of aromatic nitrogens is 2. The van der Waals surface area contributed by atoms with Gasteiger partial charge in [0.25, 0.3) is 0 Å². The molecule has 0 saturated heterocycles. The number of imidazole rings is 1. The molecule has 0 aliphatic rings. The van der Waals surface area contributed by atoms with Crippen LogP contribution in [0.5, 0.6) is 0 Å². The lowest BCUT2D eigenvalue weighted by Crippen LogP contribution is -2.15. The van der Waals surface area contributed by atoms with Gasteiger partial charge in [-0.05, 0) is 54.1 Å². The standard InChI is InChI=1S/C25H20BrCl2N3O4S/c1-35-25(32)20-10-8-18(13-22(20)30-36(2,33)34)31-14-23(19-9-7-17(27)12-21(19)28)29-24(31)11-15-3-5-16(26)6-4-15/h3-10,12-14,30H,11H2,1-2H3. The van der Waals surface area contributed by atoms with E-state index in [0.29, 0.717) is 39.2 Å². The van der Waals surface area contributed by atoms with Crippen molar-refractivity contribution in [3.8, 4) is 16.9 Å². The first-order valence-electron chi connectivity index (χ1n) is 10.5. The van der Waals surface area contributed by atoms with Crippen LogP contribution < -0.4 is 4.72 Å². The van der Waals surface area contributed by atoms with Crippen molar-refractivity contribution in [3.63, 3.8) is 0 Å². The highest BCUT2D eigenvalue weighted by Crippen LogP contribution is 2.32. The van der Waals surface area contributed by atoms with E-state index in [1.807, 2.05) is 28.8 Å². The summed E-state index contributed by atoms with van der Waals surface area (Å²) in [5.74, 6) is 0.0107. The van der Waals surface area contributed by atoms with Crippen LogP contribution in [-0.2, 0) is 21.2 Å². The maximum Gasteiger partial charge on any atom is 0.339 e. The van der Waals surface area contributed by atoms with Gasteiger partial charge in [0.05, 0.1) is 35.3 Å². The molecule has 0 aliphatic heterocycles. The molecule has 1 aromatic heterocycles. The van der Waals surface area contributed by atoms with E-state index >= 15 is 0 Å². The molecule has 0 amide bonds. The van der Waals surface area contributed by atoms with Gasteiger partial charge in [0, 0.05) is 33.4 Å². The van der Waals surface area contributed by atoms with Crippen LogP contribution in [0.15, 0.2) is 71.3 Å². The molecule has 0 saturated carbocycles. The van der Waals surface area contributed by atoms with Gasteiger partial charge in [0.1, 0.15) is 5.82 Å². The van der Waals surface area contributed by atoms with Gasteiger partial charge in [-0.2, -0.15) is 0 Å². The number of hydrogen-bond acceptors (Lipinski definition) is 5. The zero-order valence-electron chi connectivity index (χ0n) is 19.1. The van der Waals surface area contributed by atoms with Crippen molar-refractivity contribution in [2.75, 3.05) is 18.1 Å².